The highest BCUT2D eigenvalue weighted by atomic mass is 32.2. The monoisotopic (exact) mass is 383 g/mol. The molecule has 0 spiro atoms. The second kappa shape index (κ2) is 8.05. The Kier molecular flexibility index (Phi) is 5.56. The fraction of sp³-hybridized carbons (Fsp3) is 0.158. The summed E-state index contributed by atoms with van der Waals surface area (Å²) >= 11 is 0.854. The quantitative estimate of drug-likeness (QED) is 0.826. The standard InChI is InChI=1S/C19H17N3O4S/c1-12(23)20-13-7-9-14(10-8-13)21-17(24)11-16-18(25)22(19(26)27-16)15-5-3-2-4-6-15/h2-10,16H,11H2,1H3,(H,20,23)(H,21,24)/t16-/m0/s1. The van der Waals surface area contributed by atoms with Crippen molar-refractivity contribution in [2.75, 3.05) is 15.5 Å². The molecule has 2 aromatic carbocycles. The lowest BCUT2D eigenvalue weighted by atomic mass is 10.2. The molecular formula is C19H17N3O4S. The number of rotatable bonds is 5. The number of imide groups is 1. The molecule has 4 amide bonds. The molecule has 138 valence electrons. The van der Waals surface area contributed by atoms with E-state index in [1.807, 2.05) is 0 Å². The van der Waals surface area contributed by atoms with Gasteiger partial charge in [0.1, 0.15) is 5.25 Å². The lowest BCUT2D eigenvalue weighted by Crippen LogP contribution is -2.32. The minimum atomic E-state index is -0.753. The van der Waals surface area contributed by atoms with Crippen LogP contribution in [0.2, 0.25) is 0 Å². The molecule has 0 radical (unpaired) electrons. The van der Waals surface area contributed by atoms with Crippen LogP contribution < -0.4 is 15.5 Å². The minimum absolute atomic E-state index is 0.105. The van der Waals surface area contributed by atoms with E-state index >= 15 is 0 Å². The predicted octanol–water partition coefficient (Wildman–Crippen LogP) is 3.24. The molecule has 0 aliphatic carbocycles. The van der Waals surface area contributed by atoms with Crippen LogP contribution in [0.1, 0.15) is 13.3 Å². The Hall–Kier alpha value is -3.13. The van der Waals surface area contributed by atoms with Crippen LogP contribution in [0.3, 0.4) is 0 Å². The zero-order chi connectivity index (χ0) is 19.4. The summed E-state index contributed by atoms with van der Waals surface area (Å²) in [7, 11) is 0. The molecule has 1 aliphatic rings. The zero-order valence-corrected chi connectivity index (χ0v) is 15.3. The van der Waals surface area contributed by atoms with E-state index < -0.39 is 11.2 Å². The molecule has 1 fully saturated rings. The normalized spacial score (nSPS) is 16.3. The molecule has 27 heavy (non-hydrogen) atoms. The summed E-state index contributed by atoms with van der Waals surface area (Å²) in [4.78, 5) is 49.0. The van der Waals surface area contributed by atoms with Crippen LogP contribution in [0, 0.1) is 0 Å². The first-order valence-electron chi connectivity index (χ1n) is 8.21. The fourth-order valence-electron chi connectivity index (χ4n) is 2.62. The average molecular weight is 383 g/mol. The van der Waals surface area contributed by atoms with Crippen LogP contribution in [-0.4, -0.2) is 28.2 Å². The second-order valence-corrected chi connectivity index (χ2v) is 7.05. The second-order valence-electron chi connectivity index (χ2n) is 5.89. The van der Waals surface area contributed by atoms with E-state index in [9.17, 15) is 19.2 Å². The van der Waals surface area contributed by atoms with Gasteiger partial charge in [0, 0.05) is 24.7 Å². The molecular weight excluding hydrogens is 366 g/mol. The largest absolute Gasteiger partial charge is 0.326 e. The minimum Gasteiger partial charge on any atom is -0.326 e. The van der Waals surface area contributed by atoms with Crippen LogP contribution in [-0.2, 0) is 14.4 Å². The molecule has 8 heteroatoms. The first-order valence-corrected chi connectivity index (χ1v) is 9.09. The summed E-state index contributed by atoms with van der Waals surface area (Å²) < 4.78 is 0. The molecule has 2 aromatic rings. The van der Waals surface area contributed by atoms with E-state index in [-0.39, 0.29) is 23.5 Å². The van der Waals surface area contributed by atoms with Gasteiger partial charge in [-0.05, 0) is 48.2 Å². The zero-order valence-electron chi connectivity index (χ0n) is 14.5. The Bertz CT molecular complexity index is 884. The molecule has 0 saturated carbocycles. The van der Waals surface area contributed by atoms with Crippen molar-refractivity contribution in [3.63, 3.8) is 0 Å². The molecule has 0 aromatic heterocycles. The summed E-state index contributed by atoms with van der Waals surface area (Å²) in [6, 6.07) is 15.2. The number of carbonyl (C=O) groups is 4. The van der Waals surface area contributed by atoms with E-state index in [1.165, 1.54) is 6.92 Å². The number of hydrogen-bond acceptors (Lipinski definition) is 5. The molecule has 2 N–H and O–H groups in total. The lowest BCUT2D eigenvalue weighted by Gasteiger charge is -2.13. The van der Waals surface area contributed by atoms with Gasteiger partial charge in [-0.1, -0.05) is 18.2 Å². The third kappa shape index (κ3) is 4.53. The fourth-order valence-corrected chi connectivity index (χ4v) is 3.60. The van der Waals surface area contributed by atoms with Gasteiger partial charge in [0.25, 0.3) is 5.24 Å². The number of anilines is 3. The van der Waals surface area contributed by atoms with Gasteiger partial charge in [-0.15, -0.1) is 0 Å². The maximum Gasteiger partial charge on any atom is 0.293 e. The van der Waals surface area contributed by atoms with Gasteiger partial charge in [-0.25, -0.2) is 4.90 Å². The van der Waals surface area contributed by atoms with Gasteiger partial charge < -0.3 is 10.6 Å². The number of amides is 4. The van der Waals surface area contributed by atoms with Crippen molar-refractivity contribution < 1.29 is 19.2 Å². The summed E-state index contributed by atoms with van der Waals surface area (Å²) in [5, 5.41) is 4.19. The van der Waals surface area contributed by atoms with Gasteiger partial charge >= 0.3 is 0 Å². The third-order valence-electron chi connectivity index (χ3n) is 3.80. The lowest BCUT2D eigenvalue weighted by molar-refractivity contribution is -0.121. The Morgan fingerprint density at radius 3 is 2.15 bits per heavy atom. The van der Waals surface area contributed by atoms with E-state index in [4.69, 9.17) is 0 Å². The summed E-state index contributed by atoms with van der Waals surface area (Å²) in [6.45, 7) is 1.41. The SMILES string of the molecule is CC(=O)Nc1ccc(NC(=O)C[C@@H]2SC(=O)N(c3ccccc3)C2=O)cc1. The van der Waals surface area contributed by atoms with E-state index in [1.54, 1.807) is 54.6 Å². The summed E-state index contributed by atoms with van der Waals surface area (Å²) in [5.74, 6) is -0.945. The number of nitrogens with one attached hydrogen (secondary N) is 2. The van der Waals surface area contributed by atoms with Crippen molar-refractivity contribution >= 4 is 51.8 Å². The Labute approximate surface area is 160 Å². The summed E-state index contributed by atoms with van der Waals surface area (Å²) in [5.41, 5.74) is 1.65. The molecule has 1 heterocycles. The number of hydrogen-bond donors (Lipinski definition) is 2. The van der Waals surface area contributed by atoms with Crippen molar-refractivity contribution in [3.05, 3.63) is 54.6 Å². The van der Waals surface area contributed by atoms with Crippen LogP contribution >= 0.6 is 11.8 Å². The van der Waals surface area contributed by atoms with Crippen molar-refractivity contribution in [3.8, 4) is 0 Å². The first-order chi connectivity index (χ1) is 12.9. The number of carbonyl (C=O) groups excluding carboxylic acids is 4. The van der Waals surface area contributed by atoms with Crippen LogP contribution in [0.5, 0.6) is 0 Å². The van der Waals surface area contributed by atoms with Gasteiger partial charge in [0.05, 0.1) is 5.69 Å². The van der Waals surface area contributed by atoms with Gasteiger partial charge in [-0.2, -0.15) is 0 Å². The van der Waals surface area contributed by atoms with Gasteiger partial charge in [-0.3, -0.25) is 19.2 Å². The molecule has 3 rings (SSSR count). The molecule has 0 unspecified atom stereocenters. The van der Waals surface area contributed by atoms with E-state index in [0.717, 1.165) is 16.7 Å². The molecule has 1 atom stereocenters. The van der Waals surface area contributed by atoms with E-state index in [2.05, 4.69) is 10.6 Å². The highest BCUT2D eigenvalue weighted by Gasteiger charge is 2.41. The molecule has 1 saturated heterocycles. The first kappa shape index (κ1) is 18.7. The Morgan fingerprint density at radius 2 is 1.56 bits per heavy atom. The average Bonchev–Trinajstić information content (AvgIpc) is 2.90. The third-order valence-corrected chi connectivity index (χ3v) is 4.83. The van der Waals surface area contributed by atoms with Crippen LogP contribution in [0.4, 0.5) is 21.9 Å². The summed E-state index contributed by atoms with van der Waals surface area (Å²) in [6.07, 6.45) is -0.105. The number of nitrogens with zero attached hydrogens (tertiary/aromatic N) is 1. The highest BCUT2D eigenvalue weighted by Crippen LogP contribution is 2.33. The number of benzene rings is 2. The Morgan fingerprint density at radius 1 is 0.963 bits per heavy atom. The molecule has 1 aliphatic heterocycles. The van der Waals surface area contributed by atoms with Crippen LogP contribution in [0.15, 0.2) is 54.6 Å². The van der Waals surface area contributed by atoms with Gasteiger partial charge in [0.2, 0.25) is 17.7 Å². The van der Waals surface area contributed by atoms with E-state index in [0.29, 0.717) is 17.1 Å². The topological polar surface area (TPSA) is 95.6 Å². The van der Waals surface area contributed by atoms with Crippen molar-refractivity contribution in [2.45, 2.75) is 18.6 Å². The number of para-hydroxylation sites is 1. The maximum absolute atomic E-state index is 12.5. The van der Waals surface area contributed by atoms with Crippen molar-refractivity contribution in [1.82, 2.24) is 0 Å². The number of thioether (sulfide) groups is 1. The molecule has 0 bridgehead atoms. The van der Waals surface area contributed by atoms with Crippen molar-refractivity contribution in [2.24, 2.45) is 0 Å². The smallest absolute Gasteiger partial charge is 0.293 e. The Balaban J connectivity index is 1.60. The molecule has 7 nitrogen and oxygen atoms in total. The van der Waals surface area contributed by atoms with Crippen molar-refractivity contribution in [1.29, 1.82) is 0 Å². The van der Waals surface area contributed by atoms with Gasteiger partial charge in [0.15, 0.2) is 0 Å². The van der Waals surface area contributed by atoms with Crippen LogP contribution in [0.25, 0.3) is 0 Å². The maximum atomic E-state index is 12.5. The predicted molar refractivity (Wildman–Crippen MR) is 105 cm³/mol. The highest BCUT2D eigenvalue weighted by molar-refractivity contribution is 8.15.